The summed E-state index contributed by atoms with van der Waals surface area (Å²) in [6, 6.07) is 7.01. The second kappa shape index (κ2) is 6.73. The van der Waals surface area contributed by atoms with Crippen molar-refractivity contribution in [2.24, 2.45) is 0 Å². The molecule has 1 aromatic carbocycles. The maximum absolute atomic E-state index is 11.7. The summed E-state index contributed by atoms with van der Waals surface area (Å²) in [7, 11) is 0. The smallest absolute Gasteiger partial charge is 0.250 e. The molecule has 4 nitrogen and oxygen atoms in total. The van der Waals surface area contributed by atoms with Gasteiger partial charge in [0.15, 0.2) is 0 Å². The number of carbonyl (C=O) groups excluding carboxylic acids is 1. The Kier molecular flexibility index (Phi) is 4.99. The van der Waals surface area contributed by atoms with Gasteiger partial charge in [-0.05, 0) is 43.7 Å². The average Bonchev–Trinajstić information content (AvgIpc) is 2.40. The molecule has 1 heterocycles. The van der Waals surface area contributed by atoms with Crippen LogP contribution in [-0.2, 0) is 9.53 Å². The molecule has 2 rings (SSSR count). The first kappa shape index (κ1) is 13.3. The number of nitrogens with one attached hydrogen (secondary N) is 2. The third-order valence-electron chi connectivity index (χ3n) is 2.83. The highest BCUT2D eigenvalue weighted by atomic mass is 35.5. The number of ether oxygens (including phenoxy) is 1. The molecule has 1 saturated heterocycles. The third-order valence-corrected chi connectivity index (χ3v) is 3.08. The molecule has 2 N–H and O–H groups in total. The van der Waals surface area contributed by atoms with E-state index in [1.54, 1.807) is 24.3 Å². The van der Waals surface area contributed by atoms with Crippen molar-refractivity contribution in [2.75, 3.05) is 25.0 Å². The molecule has 18 heavy (non-hydrogen) atoms. The summed E-state index contributed by atoms with van der Waals surface area (Å²) in [5.74, 6) is -0.136. The van der Waals surface area contributed by atoms with E-state index in [9.17, 15) is 4.79 Å². The molecular formula is C13H17ClN2O2. The number of hydrogen-bond acceptors (Lipinski definition) is 3. The van der Waals surface area contributed by atoms with E-state index in [1.165, 1.54) is 0 Å². The van der Waals surface area contributed by atoms with Gasteiger partial charge in [-0.3, -0.25) is 4.79 Å². The second-order valence-electron chi connectivity index (χ2n) is 4.33. The number of benzene rings is 1. The Morgan fingerprint density at radius 3 is 2.89 bits per heavy atom. The molecule has 1 atom stereocenters. The topological polar surface area (TPSA) is 50.4 Å². The number of carbonyl (C=O) groups is 1. The van der Waals surface area contributed by atoms with Crippen LogP contribution in [0.3, 0.4) is 0 Å². The molecule has 5 heteroatoms. The molecule has 0 bridgehead atoms. The van der Waals surface area contributed by atoms with E-state index in [4.69, 9.17) is 16.3 Å². The lowest BCUT2D eigenvalue weighted by Crippen LogP contribution is -2.37. The zero-order valence-corrected chi connectivity index (χ0v) is 10.9. The van der Waals surface area contributed by atoms with Gasteiger partial charge >= 0.3 is 0 Å². The van der Waals surface area contributed by atoms with Crippen molar-refractivity contribution in [1.82, 2.24) is 5.32 Å². The molecule has 1 aliphatic heterocycles. The van der Waals surface area contributed by atoms with Crippen molar-refractivity contribution >= 4 is 23.2 Å². The fraction of sp³-hybridized carbons (Fsp3) is 0.462. The highest BCUT2D eigenvalue weighted by molar-refractivity contribution is 6.30. The van der Waals surface area contributed by atoms with Gasteiger partial charge in [-0.15, -0.1) is 0 Å². The van der Waals surface area contributed by atoms with Gasteiger partial charge in [0.05, 0.1) is 6.10 Å². The number of rotatable bonds is 4. The van der Waals surface area contributed by atoms with Crippen LogP contribution in [0.5, 0.6) is 0 Å². The zero-order valence-electron chi connectivity index (χ0n) is 10.1. The molecule has 0 saturated carbocycles. The van der Waals surface area contributed by atoms with E-state index in [2.05, 4.69) is 10.6 Å². The minimum atomic E-state index is -0.136. The average molecular weight is 269 g/mol. The van der Waals surface area contributed by atoms with Crippen LogP contribution < -0.4 is 10.6 Å². The van der Waals surface area contributed by atoms with E-state index in [0.717, 1.165) is 31.6 Å². The van der Waals surface area contributed by atoms with Gasteiger partial charge in [-0.25, -0.2) is 0 Å². The summed E-state index contributed by atoms with van der Waals surface area (Å²) in [5, 5.41) is 6.66. The van der Waals surface area contributed by atoms with E-state index in [-0.39, 0.29) is 18.6 Å². The Bertz CT molecular complexity index is 388. The van der Waals surface area contributed by atoms with Crippen molar-refractivity contribution in [3.63, 3.8) is 0 Å². The molecule has 0 unspecified atom stereocenters. The first-order valence-electron chi connectivity index (χ1n) is 6.12. The molecule has 1 amide bonds. The predicted octanol–water partition coefficient (Wildman–Crippen LogP) is 2.05. The van der Waals surface area contributed by atoms with Crippen molar-refractivity contribution in [3.8, 4) is 0 Å². The number of halogens is 1. The molecule has 1 fully saturated rings. The molecule has 98 valence electrons. The summed E-state index contributed by atoms with van der Waals surface area (Å²) >= 11 is 5.77. The van der Waals surface area contributed by atoms with Gasteiger partial charge in [-0.1, -0.05) is 11.6 Å². The first-order valence-corrected chi connectivity index (χ1v) is 6.49. The minimum absolute atomic E-state index is 0.0922. The minimum Gasteiger partial charge on any atom is -0.367 e. The predicted molar refractivity (Wildman–Crippen MR) is 71.9 cm³/mol. The zero-order chi connectivity index (χ0) is 12.8. The van der Waals surface area contributed by atoms with E-state index in [0.29, 0.717) is 5.02 Å². The fourth-order valence-corrected chi connectivity index (χ4v) is 2.01. The lowest BCUT2D eigenvalue weighted by Gasteiger charge is -2.22. The van der Waals surface area contributed by atoms with Crippen LogP contribution in [0.15, 0.2) is 24.3 Å². The monoisotopic (exact) mass is 268 g/mol. The Labute approximate surface area is 112 Å². The Balaban J connectivity index is 1.73. The number of hydrogen-bond donors (Lipinski definition) is 2. The molecule has 1 aromatic rings. The maximum atomic E-state index is 11.7. The van der Waals surface area contributed by atoms with E-state index in [1.807, 2.05) is 0 Å². The van der Waals surface area contributed by atoms with Crippen molar-refractivity contribution in [3.05, 3.63) is 29.3 Å². The number of piperidine rings is 1. The lowest BCUT2D eigenvalue weighted by molar-refractivity contribution is -0.122. The first-order chi connectivity index (χ1) is 8.74. The van der Waals surface area contributed by atoms with Crippen molar-refractivity contribution in [1.29, 1.82) is 0 Å². The maximum Gasteiger partial charge on any atom is 0.250 e. The Morgan fingerprint density at radius 1 is 1.44 bits per heavy atom. The van der Waals surface area contributed by atoms with Crippen LogP contribution in [0.4, 0.5) is 5.69 Å². The van der Waals surface area contributed by atoms with Crippen LogP contribution in [-0.4, -0.2) is 31.7 Å². The molecule has 0 aliphatic carbocycles. The van der Waals surface area contributed by atoms with Crippen molar-refractivity contribution in [2.45, 2.75) is 18.9 Å². The fourth-order valence-electron chi connectivity index (χ4n) is 1.89. The number of amides is 1. The molecular weight excluding hydrogens is 252 g/mol. The molecule has 0 radical (unpaired) electrons. The van der Waals surface area contributed by atoms with Gasteiger partial charge < -0.3 is 15.4 Å². The van der Waals surface area contributed by atoms with Crippen LogP contribution in [0.25, 0.3) is 0 Å². The van der Waals surface area contributed by atoms with Crippen LogP contribution in [0.1, 0.15) is 12.8 Å². The number of anilines is 1. The Morgan fingerprint density at radius 2 is 2.22 bits per heavy atom. The second-order valence-corrected chi connectivity index (χ2v) is 4.77. The standard InChI is InChI=1S/C13H17ClN2O2/c14-10-3-5-11(6-4-10)16-13(17)9-18-12-2-1-7-15-8-12/h3-6,12,15H,1-2,7-9H2,(H,16,17)/t12-/m0/s1. The SMILES string of the molecule is O=C(CO[C@H]1CCCNC1)Nc1ccc(Cl)cc1. The summed E-state index contributed by atoms with van der Waals surface area (Å²) in [4.78, 5) is 11.7. The highest BCUT2D eigenvalue weighted by Gasteiger charge is 2.14. The summed E-state index contributed by atoms with van der Waals surface area (Å²) < 4.78 is 5.54. The van der Waals surface area contributed by atoms with Gasteiger partial charge in [-0.2, -0.15) is 0 Å². The summed E-state index contributed by atoms with van der Waals surface area (Å²) in [5.41, 5.74) is 0.731. The van der Waals surface area contributed by atoms with Crippen LogP contribution in [0, 0.1) is 0 Å². The van der Waals surface area contributed by atoms with Gasteiger partial charge in [0.2, 0.25) is 5.91 Å². The lowest BCUT2D eigenvalue weighted by atomic mass is 10.1. The third kappa shape index (κ3) is 4.29. The van der Waals surface area contributed by atoms with Gasteiger partial charge in [0, 0.05) is 17.3 Å². The highest BCUT2D eigenvalue weighted by Crippen LogP contribution is 2.13. The van der Waals surface area contributed by atoms with Gasteiger partial charge in [0.25, 0.3) is 0 Å². The molecule has 0 aromatic heterocycles. The van der Waals surface area contributed by atoms with Gasteiger partial charge in [0.1, 0.15) is 6.61 Å². The van der Waals surface area contributed by atoms with Crippen LogP contribution in [0.2, 0.25) is 5.02 Å². The van der Waals surface area contributed by atoms with E-state index >= 15 is 0 Å². The largest absolute Gasteiger partial charge is 0.367 e. The van der Waals surface area contributed by atoms with Crippen LogP contribution >= 0.6 is 11.6 Å². The summed E-state index contributed by atoms with van der Waals surface area (Å²) in [6.07, 6.45) is 2.26. The normalized spacial score (nSPS) is 19.5. The molecule has 1 aliphatic rings. The quantitative estimate of drug-likeness (QED) is 0.879. The molecule has 0 spiro atoms. The summed E-state index contributed by atoms with van der Waals surface area (Å²) in [6.45, 7) is 1.96. The Hall–Kier alpha value is -1.10. The van der Waals surface area contributed by atoms with E-state index < -0.39 is 0 Å². The van der Waals surface area contributed by atoms with Crippen molar-refractivity contribution < 1.29 is 9.53 Å².